The van der Waals surface area contributed by atoms with Gasteiger partial charge >= 0.3 is 0 Å². The van der Waals surface area contributed by atoms with Crippen LogP contribution in [0, 0.1) is 0 Å². The third-order valence-electron chi connectivity index (χ3n) is 4.70. The Hall–Kier alpha value is -4.26. The van der Waals surface area contributed by atoms with Gasteiger partial charge in [-0.25, -0.2) is 4.98 Å². The van der Waals surface area contributed by atoms with Crippen LogP contribution >= 0.6 is 0 Å². The maximum Gasteiger partial charge on any atom is 0.248 e. The van der Waals surface area contributed by atoms with E-state index in [4.69, 9.17) is 14.2 Å². The van der Waals surface area contributed by atoms with Crippen molar-refractivity contribution in [3.8, 4) is 17.2 Å². The fraction of sp³-hybridized carbons (Fsp3) is 0.120. The Morgan fingerprint density at radius 2 is 1.81 bits per heavy atom. The zero-order valence-corrected chi connectivity index (χ0v) is 17.8. The zero-order chi connectivity index (χ0) is 22.3. The minimum Gasteiger partial charge on any atom is -0.497 e. The predicted molar refractivity (Wildman–Crippen MR) is 123 cm³/mol. The van der Waals surface area contributed by atoms with Gasteiger partial charge in [0.25, 0.3) is 0 Å². The van der Waals surface area contributed by atoms with Crippen LogP contribution in [0.3, 0.4) is 0 Å². The highest BCUT2D eigenvalue weighted by Crippen LogP contribution is 2.23. The molecule has 7 nitrogen and oxygen atoms in total. The molecular formula is C25H23N3O4. The number of aromatic nitrogens is 2. The number of hydrogen-bond acceptors (Lipinski definition) is 5. The van der Waals surface area contributed by atoms with E-state index in [2.05, 4.69) is 10.3 Å². The normalized spacial score (nSPS) is 10.9. The van der Waals surface area contributed by atoms with Crippen LogP contribution in [0.4, 0.5) is 5.69 Å². The summed E-state index contributed by atoms with van der Waals surface area (Å²) in [5.74, 6) is 1.69. The van der Waals surface area contributed by atoms with Crippen molar-refractivity contribution in [1.82, 2.24) is 9.38 Å². The van der Waals surface area contributed by atoms with Crippen molar-refractivity contribution in [3.05, 3.63) is 90.4 Å². The molecule has 0 atom stereocenters. The van der Waals surface area contributed by atoms with Crippen LogP contribution in [0.1, 0.15) is 11.3 Å². The van der Waals surface area contributed by atoms with Gasteiger partial charge in [0.1, 0.15) is 29.5 Å². The molecule has 2 aromatic heterocycles. The standard InChI is InChI=1S/C25H23N3O4/c1-30-22-12-18(13-23(15-22)31-2)9-10-25(29)27-19-6-5-7-21(14-19)32-17-20-16-28-11-4-3-8-24(28)26-20/h3-16H,17H2,1-2H3,(H,27,29)/b10-9+. The molecule has 0 aliphatic heterocycles. The number of fused-ring (bicyclic) bond motifs is 1. The molecule has 0 unspecified atom stereocenters. The molecule has 4 aromatic rings. The first-order valence-corrected chi connectivity index (χ1v) is 10.0. The summed E-state index contributed by atoms with van der Waals surface area (Å²) < 4.78 is 18.3. The fourth-order valence-corrected chi connectivity index (χ4v) is 3.16. The number of carbonyl (C=O) groups is 1. The van der Waals surface area contributed by atoms with Gasteiger partial charge in [-0.05, 0) is 48.0 Å². The van der Waals surface area contributed by atoms with Crippen LogP contribution < -0.4 is 19.5 Å². The predicted octanol–water partition coefficient (Wildman–Crippen LogP) is 4.58. The summed E-state index contributed by atoms with van der Waals surface area (Å²) in [7, 11) is 3.16. The third-order valence-corrected chi connectivity index (χ3v) is 4.70. The van der Waals surface area contributed by atoms with E-state index in [1.165, 1.54) is 6.08 Å². The maximum absolute atomic E-state index is 12.4. The van der Waals surface area contributed by atoms with E-state index in [1.54, 1.807) is 38.5 Å². The molecule has 0 aliphatic carbocycles. The largest absolute Gasteiger partial charge is 0.497 e. The van der Waals surface area contributed by atoms with Gasteiger partial charge in [-0.1, -0.05) is 12.1 Å². The van der Waals surface area contributed by atoms with Crippen LogP contribution in [-0.4, -0.2) is 29.5 Å². The summed E-state index contributed by atoms with van der Waals surface area (Å²) in [5, 5.41) is 2.84. The summed E-state index contributed by atoms with van der Waals surface area (Å²) in [4.78, 5) is 16.9. The number of methoxy groups -OCH3 is 2. The van der Waals surface area contributed by atoms with Gasteiger partial charge in [-0.2, -0.15) is 0 Å². The highest BCUT2D eigenvalue weighted by atomic mass is 16.5. The summed E-state index contributed by atoms with van der Waals surface area (Å²) >= 11 is 0. The molecule has 0 radical (unpaired) electrons. The second kappa shape index (κ2) is 9.70. The van der Waals surface area contributed by atoms with E-state index < -0.39 is 0 Å². The second-order valence-electron chi connectivity index (χ2n) is 6.98. The molecule has 0 spiro atoms. The first-order chi connectivity index (χ1) is 15.6. The molecule has 0 saturated heterocycles. The average Bonchev–Trinajstić information content (AvgIpc) is 3.24. The number of hydrogen-bond donors (Lipinski definition) is 1. The number of anilines is 1. The Morgan fingerprint density at radius 3 is 2.56 bits per heavy atom. The lowest BCUT2D eigenvalue weighted by molar-refractivity contribution is -0.111. The monoisotopic (exact) mass is 429 g/mol. The molecule has 7 heteroatoms. The number of pyridine rings is 1. The van der Waals surface area contributed by atoms with Crippen LogP contribution in [-0.2, 0) is 11.4 Å². The number of carbonyl (C=O) groups excluding carboxylic acids is 1. The number of nitrogens with zero attached hydrogens (tertiary/aromatic N) is 2. The van der Waals surface area contributed by atoms with Gasteiger partial charge in [0.05, 0.1) is 19.9 Å². The minimum absolute atomic E-state index is 0.260. The number of benzene rings is 2. The third kappa shape index (κ3) is 5.26. The van der Waals surface area contributed by atoms with Gasteiger partial charge in [-0.3, -0.25) is 4.79 Å². The Kier molecular flexibility index (Phi) is 6.36. The van der Waals surface area contributed by atoms with Crippen LogP contribution in [0.5, 0.6) is 17.2 Å². The number of amides is 1. The summed E-state index contributed by atoms with van der Waals surface area (Å²) in [6, 6.07) is 18.5. The lowest BCUT2D eigenvalue weighted by Crippen LogP contribution is -2.07. The molecule has 162 valence electrons. The molecule has 2 heterocycles. The Morgan fingerprint density at radius 1 is 1.00 bits per heavy atom. The number of rotatable bonds is 8. The minimum atomic E-state index is -0.260. The molecule has 1 amide bonds. The molecule has 2 aromatic carbocycles. The van der Waals surface area contributed by atoms with Crippen LogP contribution in [0.2, 0.25) is 0 Å². The molecular weight excluding hydrogens is 406 g/mol. The van der Waals surface area contributed by atoms with Gasteiger partial charge in [0.15, 0.2) is 0 Å². The smallest absolute Gasteiger partial charge is 0.248 e. The lowest BCUT2D eigenvalue weighted by Gasteiger charge is -2.08. The number of nitrogens with one attached hydrogen (secondary N) is 1. The fourth-order valence-electron chi connectivity index (χ4n) is 3.16. The van der Waals surface area contributed by atoms with Crippen molar-refractivity contribution >= 4 is 23.3 Å². The van der Waals surface area contributed by atoms with Crippen molar-refractivity contribution in [1.29, 1.82) is 0 Å². The van der Waals surface area contributed by atoms with Crippen molar-refractivity contribution in [2.75, 3.05) is 19.5 Å². The van der Waals surface area contributed by atoms with Crippen LogP contribution in [0.25, 0.3) is 11.7 Å². The summed E-state index contributed by atoms with van der Waals surface area (Å²) in [6.07, 6.45) is 7.03. The summed E-state index contributed by atoms with van der Waals surface area (Å²) in [6.45, 7) is 0.330. The SMILES string of the molecule is COc1cc(/C=C/C(=O)Nc2cccc(OCc3cn4ccccc4n3)c2)cc(OC)c1. The quantitative estimate of drug-likeness (QED) is 0.415. The topological polar surface area (TPSA) is 74.1 Å². The van der Waals surface area contributed by atoms with Crippen molar-refractivity contribution < 1.29 is 19.0 Å². The highest BCUT2D eigenvalue weighted by molar-refractivity contribution is 6.02. The Labute approximate surface area is 185 Å². The molecule has 0 aliphatic rings. The average molecular weight is 429 g/mol. The van der Waals surface area contributed by atoms with E-state index in [9.17, 15) is 4.79 Å². The van der Waals surface area contributed by atoms with Gasteiger partial charge in [0, 0.05) is 36.3 Å². The molecule has 0 fully saturated rings. The molecule has 32 heavy (non-hydrogen) atoms. The van der Waals surface area contributed by atoms with E-state index >= 15 is 0 Å². The lowest BCUT2D eigenvalue weighted by atomic mass is 10.2. The van der Waals surface area contributed by atoms with E-state index in [0.717, 1.165) is 16.9 Å². The second-order valence-corrected chi connectivity index (χ2v) is 6.98. The van der Waals surface area contributed by atoms with Gasteiger partial charge < -0.3 is 23.9 Å². The van der Waals surface area contributed by atoms with Gasteiger partial charge in [-0.15, -0.1) is 0 Å². The first kappa shape index (κ1) is 21.0. The van der Waals surface area contributed by atoms with Crippen LogP contribution in [0.15, 0.2) is 79.1 Å². The van der Waals surface area contributed by atoms with E-state index in [-0.39, 0.29) is 5.91 Å². The van der Waals surface area contributed by atoms with Crippen molar-refractivity contribution in [2.45, 2.75) is 6.61 Å². The zero-order valence-electron chi connectivity index (χ0n) is 17.8. The Bertz CT molecular complexity index is 1210. The number of ether oxygens (including phenoxy) is 3. The van der Waals surface area contributed by atoms with E-state index in [1.807, 2.05) is 59.3 Å². The molecule has 0 bridgehead atoms. The number of imidazole rings is 1. The molecule has 0 saturated carbocycles. The highest BCUT2D eigenvalue weighted by Gasteiger charge is 2.05. The summed E-state index contributed by atoms with van der Waals surface area (Å²) in [5.41, 5.74) is 3.12. The van der Waals surface area contributed by atoms with Gasteiger partial charge in [0.2, 0.25) is 5.91 Å². The van der Waals surface area contributed by atoms with Crippen molar-refractivity contribution in [2.24, 2.45) is 0 Å². The maximum atomic E-state index is 12.4. The first-order valence-electron chi connectivity index (χ1n) is 10.0. The molecule has 1 N–H and O–H groups in total. The van der Waals surface area contributed by atoms with Crippen molar-refractivity contribution in [3.63, 3.8) is 0 Å². The van der Waals surface area contributed by atoms with E-state index in [0.29, 0.717) is 29.5 Å². The molecule has 4 rings (SSSR count). The Balaban J connectivity index is 1.37.